The number of ether oxygens (including phenoxy) is 3. The van der Waals surface area contributed by atoms with E-state index < -0.39 is 35.3 Å². The van der Waals surface area contributed by atoms with Crippen LogP contribution in [0.4, 0.5) is 0 Å². The Balaban J connectivity index is 1.79. The molecule has 0 bridgehead atoms. The number of aryl methyl sites for hydroxylation is 1. The van der Waals surface area contributed by atoms with Crippen LogP contribution in [0.1, 0.15) is 55.2 Å². The van der Waals surface area contributed by atoms with Crippen molar-refractivity contribution in [3.8, 4) is 35.0 Å². The molecule has 2 heterocycles. The third kappa shape index (κ3) is 6.93. The lowest BCUT2D eigenvalue weighted by Crippen LogP contribution is -2.41. The van der Waals surface area contributed by atoms with Crippen LogP contribution in [0, 0.1) is 24.3 Å². The topological polar surface area (TPSA) is 159 Å². The summed E-state index contributed by atoms with van der Waals surface area (Å²) in [5.41, 5.74) is 0.548. The summed E-state index contributed by atoms with van der Waals surface area (Å²) < 4.78 is 16.0. The highest BCUT2D eigenvalue weighted by Crippen LogP contribution is 2.40. The fourth-order valence-corrected chi connectivity index (χ4v) is 3.41. The fourth-order valence-electron chi connectivity index (χ4n) is 3.41. The number of carbonyl (C=O) groups excluding carboxylic acids is 4. The number of benzene rings is 1. The number of nitrogens with one attached hydrogen (secondary N) is 1. The molecule has 210 valence electrons. The van der Waals surface area contributed by atoms with Crippen molar-refractivity contribution in [2.45, 2.75) is 46.6 Å². The van der Waals surface area contributed by atoms with Crippen molar-refractivity contribution < 1.29 is 38.5 Å². The zero-order chi connectivity index (χ0) is 29.6. The first-order valence-corrected chi connectivity index (χ1v) is 12.2. The van der Waals surface area contributed by atoms with Crippen LogP contribution in [0.15, 0.2) is 30.6 Å². The third-order valence-corrected chi connectivity index (χ3v) is 5.73. The molecule has 0 fully saturated rings. The second kappa shape index (κ2) is 12.3. The number of esters is 3. The number of methoxy groups -OCH3 is 2. The normalized spacial score (nSPS) is 11.7. The fraction of sp³-hybridized carbons (Fsp3) is 0.357. The van der Waals surface area contributed by atoms with Crippen molar-refractivity contribution in [1.82, 2.24) is 19.9 Å². The molecular weight excluding hydrogens is 520 g/mol. The summed E-state index contributed by atoms with van der Waals surface area (Å²) in [4.78, 5) is 57.0. The molecule has 1 aromatic rings. The number of fused-ring (bicyclic) bond motifs is 1. The average molecular weight is 551 g/mol. The minimum Gasteiger partial charge on any atom is -0.493 e. The minimum atomic E-state index is -1.03. The van der Waals surface area contributed by atoms with Gasteiger partial charge in [-0.05, 0) is 64.3 Å². The van der Waals surface area contributed by atoms with E-state index in [-0.39, 0.29) is 41.4 Å². The Morgan fingerprint density at radius 3 is 2.38 bits per heavy atom. The maximum absolute atomic E-state index is 12.7. The summed E-state index contributed by atoms with van der Waals surface area (Å²) in [5.74, 6) is 0.642. The molecule has 0 aromatic heterocycles. The van der Waals surface area contributed by atoms with Gasteiger partial charge in [0.2, 0.25) is 5.88 Å². The highest BCUT2D eigenvalue weighted by Gasteiger charge is 2.30. The van der Waals surface area contributed by atoms with Gasteiger partial charge in [-0.2, -0.15) is 0 Å². The third-order valence-electron chi connectivity index (χ3n) is 5.73. The van der Waals surface area contributed by atoms with Crippen LogP contribution in [0.3, 0.4) is 0 Å². The van der Waals surface area contributed by atoms with E-state index in [0.717, 1.165) is 0 Å². The number of nitrogens with zero attached hydrogens (tertiary/aromatic N) is 3. The molecule has 3 rings (SSSR count). The molecule has 1 amide bonds. The molecule has 2 N–H and O–H groups in total. The van der Waals surface area contributed by atoms with Gasteiger partial charge < -0.3 is 24.6 Å². The highest BCUT2D eigenvalue weighted by atomic mass is 16.5. The predicted molar refractivity (Wildman–Crippen MR) is 141 cm³/mol. The molecule has 12 nitrogen and oxygen atoms in total. The summed E-state index contributed by atoms with van der Waals surface area (Å²) in [5, 5.41) is 13.4. The lowest BCUT2D eigenvalue weighted by molar-refractivity contribution is -0.145. The maximum Gasteiger partial charge on any atom is 0.328 e. The molecule has 2 aliphatic heterocycles. The molecule has 12 heteroatoms. The van der Waals surface area contributed by atoms with E-state index in [1.54, 1.807) is 39.8 Å². The Labute approximate surface area is 231 Å². The number of aromatic hydroxyl groups is 1. The largest absolute Gasteiger partial charge is 0.493 e. The van der Waals surface area contributed by atoms with Gasteiger partial charge in [0.15, 0.2) is 11.6 Å². The van der Waals surface area contributed by atoms with Gasteiger partial charge >= 0.3 is 17.9 Å². The molecule has 2 aliphatic rings. The number of rotatable bonds is 7. The number of hydrogen-bond acceptors (Lipinski definition) is 10. The van der Waals surface area contributed by atoms with E-state index in [2.05, 4.69) is 32.0 Å². The molecule has 0 spiro atoms. The first-order chi connectivity index (χ1) is 18.8. The summed E-state index contributed by atoms with van der Waals surface area (Å²) in [6.45, 7) is 6.78. The molecule has 0 saturated carbocycles. The second-order valence-electron chi connectivity index (χ2n) is 9.78. The van der Waals surface area contributed by atoms with Gasteiger partial charge in [0.25, 0.3) is 5.91 Å². The molecular formula is C28H30N4O8. The molecule has 40 heavy (non-hydrogen) atoms. The minimum absolute atomic E-state index is 0.0172. The molecule has 0 radical (unpaired) electrons. The van der Waals surface area contributed by atoms with Gasteiger partial charge in [-0.15, -0.1) is 0 Å². The lowest BCUT2D eigenvalue weighted by Gasteiger charge is -2.17. The Bertz CT molecular complexity index is 1460. The van der Waals surface area contributed by atoms with Gasteiger partial charge in [-0.3, -0.25) is 14.4 Å². The standard InChI is InChI=1S/C28H30N4O8/c1-16-22(40-27(37)28(2,3)4)21-23(30-16)29-15-32(25(21)35)14-13-17-7-9-18(10-8-17)24(34)31-19(26(36)39-6)11-12-20(33)38-5/h7-10,15,19,35H,11-12H2,1-6H3,(H,31,34)/t19-/m0/s1. The first kappa shape index (κ1) is 29.6. The van der Waals surface area contributed by atoms with E-state index in [1.807, 2.05) is 0 Å². The van der Waals surface area contributed by atoms with Crippen molar-refractivity contribution in [3.05, 3.63) is 47.4 Å². The van der Waals surface area contributed by atoms with Crippen LogP contribution in [-0.2, 0) is 23.9 Å². The van der Waals surface area contributed by atoms with E-state index in [0.29, 0.717) is 11.3 Å². The van der Waals surface area contributed by atoms with Crippen molar-refractivity contribution in [2.75, 3.05) is 14.2 Å². The predicted octanol–water partition coefficient (Wildman–Crippen LogP) is 2.43. The summed E-state index contributed by atoms with van der Waals surface area (Å²) >= 11 is 0. The summed E-state index contributed by atoms with van der Waals surface area (Å²) in [7, 11) is 2.42. The van der Waals surface area contributed by atoms with Gasteiger partial charge in [0.05, 0.1) is 25.3 Å². The van der Waals surface area contributed by atoms with Crippen LogP contribution in [-0.4, -0.2) is 63.7 Å². The maximum atomic E-state index is 12.7. The Morgan fingerprint density at radius 1 is 1.10 bits per heavy atom. The molecule has 1 aromatic carbocycles. The SMILES string of the molecule is COC(=O)CC[C@H](NC(=O)c1ccc(C#Cn2cnc3nc(C)c(OC(=O)C(C)(C)C)c-3c2O)cc1)C(=O)OC. The molecule has 0 unspecified atom stereocenters. The Hall–Kier alpha value is -4.92. The zero-order valence-electron chi connectivity index (χ0n) is 23.0. The Kier molecular flexibility index (Phi) is 9.11. The zero-order valence-corrected chi connectivity index (χ0v) is 23.0. The van der Waals surface area contributed by atoms with Crippen molar-refractivity contribution in [1.29, 1.82) is 0 Å². The highest BCUT2D eigenvalue weighted by molar-refractivity contribution is 5.97. The number of aromatic nitrogens is 3. The van der Waals surface area contributed by atoms with E-state index in [1.165, 1.54) is 37.2 Å². The second-order valence-corrected chi connectivity index (χ2v) is 9.78. The van der Waals surface area contributed by atoms with Crippen LogP contribution in [0.2, 0.25) is 0 Å². The van der Waals surface area contributed by atoms with Crippen LogP contribution < -0.4 is 10.1 Å². The van der Waals surface area contributed by atoms with Crippen LogP contribution in [0.5, 0.6) is 11.6 Å². The summed E-state index contributed by atoms with van der Waals surface area (Å²) in [6, 6.07) is 7.91. The van der Waals surface area contributed by atoms with Gasteiger partial charge in [-0.1, -0.05) is 0 Å². The number of amides is 1. The number of hydrogen-bond donors (Lipinski definition) is 2. The Morgan fingerprint density at radius 2 is 1.77 bits per heavy atom. The van der Waals surface area contributed by atoms with E-state index >= 15 is 0 Å². The van der Waals surface area contributed by atoms with Crippen molar-refractivity contribution in [2.24, 2.45) is 5.41 Å². The van der Waals surface area contributed by atoms with E-state index in [4.69, 9.17) is 9.47 Å². The van der Waals surface area contributed by atoms with Crippen LogP contribution in [0.25, 0.3) is 11.4 Å². The van der Waals surface area contributed by atoms with Gasteiger partial charge in [0.1, 0.15) is 17.9 Å². The van der Waals surface area contributed by atoms with Crippen molar-refractivity contribution in [3.63, 3.8) is 0 Å². The number of carbonyl (C=O) groups is 4. The molecule has 1 atom stereocenters. The average Bonchev–Trinajstić information content (AvgIpc) is 3.24. The molecule has 0 aliphatic carbocycles. The summed E-state index contributed by atoms with van der Waals surface area (Å²) in [6.07, 6.45) is 1.23. The molecule has 0 saturated heterocycles. The monoisotopic (exact) mass is 550 g/mol. The quantitative estimate of drug-likeness (QED) is 0.330. The van der Waals surface area contributed by atoms with E-state index in [9.17, 15) is 24.3 Å². The van der Waals surface area contributed by atoms with Gasteiger partial charge in [-0.25, -0.2) is 19.3 Å². The van der Waals surface area contributed by atoms with Gasteiger partial charge in [0, 0.05) is 23.6 Å². The first-order valence-electron chi connectivity index (χ1n) is 12.2. The lowest BCUT2D eigenvalue weighted by atomic mass is 9.97. The van der Waals surface area contributed by atoms with Crippen LogP contribution >= 0.6 is 0 Å². The smallest absolute Gasteiger partial charge is 0.328 e. The van der Waals surface area contributed by atoms with Crippen molar-refractivity contribution >= 4 is 23.8 Å².